The average Bonchev–Trinajstić information content (AvgIpc) is 2.48. The Hall–Kier alpha value is -2.13. The summed E-state index contributed by atoms with van der Waals surface area (Å²) >= 11 is 0. The summed E-state index contributed by atoms with van der Waals surface area (Å²) in [5.41, 5.74) is 1.27. The van der Waals surface area contributed by atoms with Crippen LogP contribution in [-0.2, 0) is 4.74 Å². The normalized spacial score (nSPS) is 9.85. The third-order valence-electron chi connectivity index (χ3n) is 2.76. The number of nitriles is 1. The quantitative estimate of drug-likeness (QED) is 0.778. The highest BCUT2D eigenvalue weighted by molar-refractivity contribution is 5.99. The van der Waals surface area contributed by atoms with Crippen molar-refractivity contribution in [3.63, 3.8) is 0 Å². The Kier molecular flexibility index (Phi) is 7.07. The standard InChI is InChI=1S/C14H20N4O2/c1-3-17-13-11-16-7-5-12(13)14(19)18(8-4-6-15)9-10-20-2/h5,7,11,17H,3-4,8-10H2,1-2H3. The van der Waals surface area contributed by atoms with Crippen molar-refractivity contribution in [1.29, 1.82) is 5.26 Å². The van der Waals surface area contributed by atoms with Gasteiger partial charge in [0.15, 0.2) is 0 Å². The molecule has 0 aliphatic heterocycles. The number of hydrogen-bond acceptors (Lipinski definition) is 5. The third kappa shape index (κ3) is 4.52. The van der Waals surface area contributed by atoms with Crippen LogP contribution in [0.4, 0.5) is 5.69 Å². The van der Waals surface area contributed by atoms with Crippen LogP contribution in [0.3, 0.4) is 0 Å². The summed E-state index contributed by atoms with van der Waals surface area (Å²) in [6.07, 6.45) is 3.53. The van der Waals surface area contributed by atoms with Gasteiger partial charge in [0, 0.05) is 32.9 Å². The van der Waals surface area contributed by atoms with Gasteiger partial charge in [0.05, 0.1) is 36.5 Å². The molecule has 20 heavy (non-hydrogen) atoms. The molecule has 1 amide bonds. The van der Waals surface area contributed by atoms with Crippen molar-refractivity contribution >= 4 is 11.6 Å². The fourth-order valence-corrected chi connectivity index (χ4v) is 1.78. The predicted octanol–water partition coefficient (Wildman–Crippen LogP) is 1.52. The summed E-state index contributed by atoms with van der Waals surface area (Å²) in [4.78, 5) is 18.2. The molecule has 0 fully saturated rings. The second-order valence-electron chi connectivity index (χ2n) is 4.14. The molecule has 1 N–H and O–H groups in total. The Bertz CT molecular complexity index is 470. The van der Waals surface area contributed by atoms with Crippen LogP contribution >= 0.6 is 0 Å². The maximum absolute atomic E-state index is 12.5. The summed E-state index contributed by atoms with van der Waals surface area (Å²) in [5.74, 6) is -0.115. The number of rotatable bonds is 8. The number of aromatic nitrogens is 1. The molecule has 108 valence electrons. The largest absolute Gasteiger partial charge is 0.383 e. The molecule has 0 aliphatic rings. The van der Waals surface area contributed by atoms with Gasteiger partial charge in [0.25, 0.3) is 5.91 Å². The molecule has 6 heteroatoms. The van der Waals surface area contributed by atoms with E-state index in [1.54, 1.807) is 30.5 Å². The van der Waals surface area contributed by atoms with Crippen molar-refractivity contribution < 1.29 is 9.53 Å². The maximum Gasteiger partial charge on any atom is 0.256 e. The molecule has 1 aromatic rings. The molecule has 0 aromatic carbocycles. The molecule has 1 heterocycles. The highest BCUT2D eigenvalue weighted by atomic mass is 16.5. The van der Waals surface area contributed by atoms with Gasteiger partial charge in [-0.15, -0.1) is 0 Å². The van der Waals surface area contributed by atoms with Gasteiger partial charge in [-0.05, 0) is 13.0 Å². The van der Waals surface area contributed by atoms with Crippen molar-refractivity contribution in [2.45, 2.75) is 13.3 Å². The topological polar surface area (TPSA) is 78.3 Å². The molecule has 0 aliphatic carbocycles. The first-order valence-corrected chi connectivity index (χ1v) is 6.57. The summed E-state index contributed by atoms with van der Waals surface area (Å²) in [7, 11) is 1.59. The average molecular weight is 276 g/mol. The molecule has 0 unspecified atom stereocenters. The van der Waals surface area contributed by atoms with Crippen molar-refractivity contribution in [1.82, 2.24) is 9.88 Å². The Morgan fingerprint density at radius 2 is 2.35 bits per heavy atom. The summed E-state index contributed by atoms with van der Waals surface area (Å²) in [6.45, 7) is 3.97. The van der Waals surface area contributed by atoms with E-state index in [1.807, 2.05) is 6.92 Å². The van der Waals surface area contributed by atoms with Crippen LogP contribution in [0, 0.1) is 11.3 Å². The van der Waals surface area contributed by atoms with Crippen LogP contribution in [0.25, 0.3) is 0 Å². The SMILES string of the molecule is CCNc1cnccc1C(=O)N(CCC#N)CCOC. The Morgan fingerprint density at radius 3 is 3.00 bits per heavy atom. The molecule has 0 bridgehead atoms. The third-order valence-corrected chi connectivity index (χ3v) is 2.76. The van der Waals surface area contributed by atoms with Crippen LogP contribution in [0.2, 0.25) is 0 Å². The highest BCUT2D eigenvalue weighted by Gasteiger charge is 2.18. The highest BCUT2D eigenvalue weighted by Crippen LogP contribution is 2.16. The minimum atomic E-state index is -0.115. The van der Waals surface area contributed by atoms with E-state index in [0.29, 0.717) is 43.9 Å². The zero-order valence-corrected chi connectivity index (χ0v) is 11.9. The lowest BCUT2D eigenvalue weighted by molar-refractivity contribution is 0.0700. The molecule has 0 radical (unpaired) electrons. The number of pyridine rings is 1. The van der Waals surface area contributed by atoms with E-state index >= 15 is 0 Å². The number of nitrogens with zero attached hydrogens (tertiary/aromatic N) is 3. The number of carbonyl (C=O) groups excluding carboxylic acids is 1. The number of nitrogens with one attached hydrogen (secondary N) is 1. The van der Waals surface area contributed by atoms with Gasteiger partial charge in [-0.1, -0.05) is 0 Å². The number of ether oxygens (including phenoxy) is 1. The molecule has 1 rings (SSSR count). The molecular formula is C14H20N4O2. The minimum Gasteiger partial charge on any atom is -0.383 e. The van der Waals surface area contributed by atoms with Gasteiger partial charge in [-0.3, -0.25) is 9.78 Å². The number of hydrogen-bond donors (Lipinski definition) is 1. The van der Waals surface area contributed by atoms with Crippen molar-refractivity contribution in [3.05, 3.63) is 24.0 Å². The number of carbonyl (C=O) groups is 1. The smallest absolute Gasteiger partial charge is 0.256 e. The molecule has 0 spiro atoms. The lowest BCUT2D eigenvalue weighted by Crippen LogP contribution is -2.35. The molecule has 0 saturated carbocycles. The lowest BCUT2D eigenvalue weighted by atomic mass is 10.2. The molecule has 6 nitrogen and oxygen atoms in total. The van der Waals surface area contributed by atoms with Crippen LogP contribution in [0.1, 0.15) is 23.7 Å². The monoisotopic (exact) mass is 276 g/mol. The number of methoxy groups -OCH3 is 1. The summed E-state index contributed by atoms with van der Waals surface area (Å²) in [6, 6.07) is 3.75. The van der Waals surface area contributed by atoms with E-state index in [9.17, 15) is 4.79 Å². The predicted molar refractivity (Wildman–Crippen MR) is 76.4 cm³/mol. The van der Waals surface area contributed by atoms with Crippen LogP contribution in [0.5, 0.6) is 0 Å². The first-order chi connectivity index (χ1) is 9.74. The van der Waals surface area contributed by atoms with Crippen LogP contribution in [-0.4, -0.2) is 49.1 Å². The summed E-state index contributed by atoms with van der Waals surface area (Å²) in [5, 5.41) is 11.8. The molecular weight excluding hydrogens is 256 g/mol. The molecule has 1 aromatic heterocycles. The Balaban J connectivity index is 2.90. The van der Waals surface area contributed by atoms with Crippen molar-refractivity contribution in [2.24, 2.45) is 0 Å². The minimum absolute atomic E-state index is 0.115. The Labute approximate surface area is 119 Å². The van der Waals surface area contributed by atoms with E-state index in [4.69, 9.17) is 10.00 Å². The maximum atomic E-state index is 12.5. The number of amides is 1. The Morgan fingerprint density at radius 1 is 1.55 bits per heavy atom. The van der Waals surface area contributed by atoms with Crippen LogP contribution in [0.15, 0.2) is 18.5 Å². The zero-order chi connectivity index (χ0) is 14.8. The summed E-state index contributed by atoms with van der Waals surface area (Å²) < 4.78 is 5.01. The van der Waals surface area contributed by atoms with Gasteiger partial charge in [0.2, 0.25) is 0 Å². The van der Waals surface area contributed by atoms with E-state index in [-0.39, 0.29) is 5.91 Å². The fraction of sp³-hybridized carbons (Fsp3) is 0.500. The van der Waals surface area contributed by atoms with E-state index in [1.165, 1.54) is 0 Å². The van der Waals surface area contributed by atoms with Crippen molar-refractivity contribution in [2.75, 3.05) is 38.7 Å². The van der Waals surface area contributed by atoms with Gasteiger partial charge >= 0.3 is 0 Å². The van der Waals surface area contributed by atoms with Gasteiger partial charge in [-0.25, -0.2) is 0 Å². The fourth-order valence-electron chi connectivity index (χ4n) is 1.78. The first kappa shape index (κ1) is 15.9. The van der Waals surface area contributed by atoms with Gasteiger partial charge in [-0.2, -0.15) is 5.26 Å². The zero-order valence-electron chi connectivity index (χ0n) is 11.9. The molecule has 0 saturated heterocycles. The lowest BCUT2D eigenvalue weighted by Gasteiger charge is -2.22. The van der Waals surface area contributed by atoms with Gasteiger partial charge < -0.3 is 15.0 Å². The van der Waals surface area contributed by atoms with Crippen LogP contribution < -0.4 is 5.32 Å². The second-order valence-corrected chi connectivity index (χ2v) is 4.14. The molecule has 0 atom stereocenters. The van der Waals surface area contributed by atoms with Gasteiger partial charge in [0.1, 0.15) is 0 Å². The number of anilines is 1. The van der Waals surface area contributed by atoms with E-state index in [2.05, 4.69) is 16.4 Å². The first-order valence-electron chi connectivity index (χ1n) is 6.57. The van der Waals surface area contributed by atoms with E-state index in [0.717, 1.165) is 0 Å². The second kappa shape index (κ2) is 8.88. The van der Waals surface area contributed by atoms with E-state index < -0.39 is 0 Å². The van der Waals surface area contributed by atoms with Crippen molar-refractivity contribution in [3.8, 4) is 6.07 Å².